The van der Waals surface area contributed by atoms with Gasteiger partial charge in [-0.25, -0.2) is 14.0 Å². The van der Waals surface area contributed by atoms with Crippen molar-refractivity contribution < 1.29 is 46.8 Å². The van der Waals surface area contributed by atoms with E-state index in [4.69, 9.17) is 19.4 Å². The number of rotatable bonds is 10. The fourth-order valence-electron chi connectivity index (χ4n) is 3.30. The van der Waals surface area contributed by atoms with Gasteiger partial charge in [-0.3, -0.25) is 4.90 Å². The zero-order chi connectivity index (χ0) is 28.8. The number of nitrogens with zero attached hydrogens (tertiary/aromatic N) is 2. The highest BCUT2D eigenvalue weighted by molar-refractivity contribution is 9.10. The van der Waals surface area contributed by atoms with Gasteiger partial charge in [-0.15, -0.1) is 0 Å². The lowest BCUT2D eigenvalue weighted by atomic mass is 10.2. The first-order chi connectivity index (χ1) is 18.4. The molecular formula is C25H30BrF4N3O6. The van der Waals surface area contributed by atoms with Crippen LogP contribution in [-0.4, -0.2) is 96.8 Å². The van der Waals surface area contributed by atoms with E-state index in [0.717, 1.165) is 23.1 Å². The molecule has 0 aliphatic carbocycles. The van der Waals surface area contributed by atoms with E-state index in [1.54, 1.807) is 17.0 Å². The zero-order valence-corrected chi connectivity index (χ0v) is 22.5. The first-order valence-electron chi connectivity index (χ1n) is 11.9. The molecule has 1 saturated heterocycles. The third-order valence-corrected chi connectivity index (χ3v) is 5.87. The summed E-state index contributed by atoms with van der Waals surface area (Å²) < 4.78 is 56.6. The van der Waals surface area contributed by atoms with Crippen molar-refractivity contribution in [2.45, 2.75) is 18.9 Å². The number of benzene rings is 2. The van der Waals surface area contributed by atoms with Crippen molar-refractivity contribution in [1.82, 2.24) is 9.80 Å². The summed E-state index contributed by atoms with van der Waals surface area (Å²) >= 11 is 3.38. The molecule has 1 fully saturated rings. The number of carbonyl (C=O) groups excluding carboxylic acids is 1. The minimum atomic E-state index is -5.08. The second-order valence-corrected chi connectivity index (χ2v) is 9.35. The van der Waals surface area contributed by atoms with Crippen LogP contribution in [-0.2, 0) is 20.9 Å². The van der Waals surface area contributed by atoms with Crippen LogP contribution in [0.25, 0.3) is 0 Å². The van der Waals surface area contributed by atoms with Crippen LogP contribution >= 0.6 is 15.9 Å². The first-order valence-corrected chi connectivity index (χ1v) is 12.7. The Hall–Kier alpha value is -2.78. The number of anilines is 1. The van der Waals surface area contributed by atoms with Crippen LogP contribution in [0.15, 0.2) is 53.0 Å². The molecule has 2 amide bonds. The van der Waals surface area contributed by atoms with E-state index >= 15 is 0 Å². The van der Waals surface area contributed by atoms with E-state index in [1.165, 1.54) is 12.1 Å². The molecule has 2 aromatic carbocycles. The molecule has 0 spiro atoms. The van der Waals surface area contributed by atoms with Gasteiger partial charge < -0.3 is 29.9 Å². The molecule has 14 heteroatoms. The number of urea groups is 1. The normalized spacial score (nSPS) is 14.6. The molecule has 39 heavy (non-hydrogen) atoms. The van der Waals surface area contributed by atoms with Crippen LogP contribution in [0.5, 0.6) is 0 Å². The average Bonchev–Trinajstić information content (AvgIpc) is 2.89. The molecule has 0 saturated carbocycles. The maximum absolute atomic E-state index is 13.0. The SMILES string of the molecule is O=C(Nc1ccc(Br)cc1)N(CCN1CCOCC1)CC(O)COCc1ccc(F)cc1.O=C(O)C(F)(F)F. The molecule has 1 aliphatic heterocycles. The summed E-state index contributed by atoms with van der Waals surface area (Å²) in [5, 5.41) is 20.5. The van der Waals surface area contributed by atoms with Crippen molar-refractivity contribution in [2.24, 2.45) is 0 Å². The predicted molar refractivity (Wildman–Crippen MR) is 138 cm³/mol. The number of aliphatic hydroxyl groups excluding tert-OH is 1. The number of halogens is 5. The van der Waals surface area contributed by atoms with Crippen LogP contribution in [0, 0.1) is 5.82 Å². The molecule has 1 atom stereocenters. The van der Waals surface area contributed by atoms with E-state index in [-0.39, 0.29) is 31.6 Å². The van der Waals surface area contributed by atoms with E-state index in [0.29, 0.717) is 32.0 Å². The molecule has 1 heterocycles. The van der Waals surface area contributed by atoms with Crippen molar-refractivity contribution in [1.29, 1.82) is 0 Å². The fourth-order valence-corrected chi connectivity index (χ4v) is 3.56. The van der Waals surface area contributed by atoms with Crippen molar-refractivity contribution in [3.63, 3.8) is 0 Å². The highest BCUT2D eigenvalue weighted by Gasteiger charge is 2.38. The first kappa shape index (κ1) is 32.4. The molecule has 1 unspecified atom stereocenters. The van der Waals surface area contributed by atoms with E-state index in [9.17, 15) is 27.5 Å². The van der Waals surface area contributed by atoms with Crippen molar-refractivity contribution in [2.75, 3.05) is 57.9 Å². The molecule has 2 aromatic rings. The summed E-state index contributed by atoms with van der Waals surface area (Å²) in [5.41, 5.74) is 1.49. The number of amides is 2. The number of ether oxygens (including phenoxy) is 2. The van der Waals surface area contributed by atoms with E-state index < -0.39 is 18.2 Å². The Labute approximate surface area is 231 Å². The number of alkyl halides is 3. The Morgan fingerprint density at radius 3 is 2.26 bits per heavy atom. The summed E-state index contributed by atoms with van der Waals surface area (Å²) in [4.78, 5) is 25.6. The monoisotopic (exact) mass is 623 g/mol. The summed E-state index contributed by atoms with van der Waals surface area (Å²) in [5.74, 6) is -3.06. The Kier molecular flexibility index (Phi) is 13.6. The Bertz CT molecular complexity index is 1020. The van der Waals surface area contributed by atoms with Gasteiger partial charge in [-0.2, -0.15) is 13.2 Å². The standard InChI is InChI=1S/C23H29BrFN3O4.C2HF3O2/c24-19-3-7-21(8-4-19)26-23(30)28(10-9-27-11-13-31-14-12-27)15-22(29)17-32-16-18-1-5-20(25)6-2-18;3-2(4,5)1(6)7/h1-8,22,29H,9-17H2,(H,26,30);(H,6,7). The number of carboxylic acid groups (broad SMARTS) is 1. The van der Waals surface area contributed by atoms with Gasteiger partial charge in [0.05, 0.1) is 39.1 Å². The Balaban J connectivity index is 0.000000673. The number of carbonyl (C=O) groups is 2. The topological polar surface area (TPSA) is 112 Å². The van der Waals surface area contributed by atoms with Crippen LogP contribution in [0.2, 0.25) is 0 Å². The Morgan fingerprint density at radius 1 is 1.10 bits per heavy atom. The molecule has 216 valence electrons. The van der Waals surface area contributed by atoms with Crippen LogP contribution in [0.3, 0.4) is 0 Å². The minimum absolute atomic E-state index is 0.0665. The second-order valence-electron chi connectivity index (χ2n) is 8.44. The lowest BCUT2D eigenvalue weighted by Gasteiger charge is -2.31. The van der Waals surface area contributed by atoms with Gasteiger partial charge in [-0.1, -0.05) is 28.1 Å². The number of aliphatic hydroxyl groups is 1. The molecule has 3 N–H and O–H groups in total. The van der Waals surface area contributed by atoms with Gasteiger partial charge in [0, 0.05) is 36.3 Å². The number of nitrogens with one attached hydrogen (secondary N) is 1. The van der Waals surface area contributed by atoms with Crippen LogP contribution < -0.4 is 5.32 Å². The third-order valence-electron chi connectivity index (χ3n) is 5.34. The summed E-state index contributed by atoms with van der Waals surface area (Å²) in [7, 11) is 0. The lowest BCUT2D eigenvalue weighted by molar-refractivity contribution is -0.192. The quantitative estimate of drug-likeness (QED) is 0.344. The number of carboxylic acids is 1. The Morgan fingerprint density at radius 2 is 1.69 bits per heavy atom. The lowest BCUT2D eigenvalue weighted by Crippen LogP contribution is -2.47. The summed E-state index contributed by atoms with van der Waals surface area (Å²) in [6, 6.07) is 13.1. The van der Waals surface area contributed by atoms with E-state index in [1.807, 2.05) is 24.3 Å². The molecule has 0 bridgehead atoms. The second kappa shape index (κ2) is 16.4. The molecule has 0 radical (unpaired) electrons. The van der Waals surface area contributed by atoms with Gasteiger partial charge in [0.15, 0.2) is 0 Å². The largest absolute Gasteiger partial charge is 0.490 e. The van der Waals surface area contributed by atoms with Crippen molar-refractivity contribution in [3.8, 4) is 0 Å². The van der Waals surface area contributed by atoms with E-state index in [2.05, 4.69) is 26.1 Å². The zero-order valence-electron chi connectivity index (χ0n) is 20.9. The van der Waals surface area contributed by atoms with Gasteiger partial charge in [0.25, 0.3) is 0 Å². The highest BCUT2D eigenvalue weighted by Crippen LogP contribution is 2.15. The van der Waals surface area contributed by atoms with Crippen LogP contribution in [0.1, 0.15) is 5.56 Å². The fraction of sp³-hybridized carbons (Fsp3) is 0.440. The number of hydrogen-bond acceptors (Lipinski definition) is 6. The molecule has 0 aromatic heterocycles. The smallest absolute Gasteiger partial charge is 0.475 e. The predicted octanol–water partition coefficient (Wildman–Crippen LogP) is 3.97. The van der Waals surface area contributed by atoms with Gasteiger partial charge in [-0.05, 0) is 42.0 Å². The van der Waals surface area contributed by atoms with Crippen molar-refractivity contribution in [3.05, 3.63) is 64.4 Å². The number of aliphatic carboxylic acids is 1. The highest BCUT2D eigenvalue weighted by atomic mass is 79.9. The summed E-state index contributed by atoms with van der Waals surface area (Å²) in [6.07, 6.45) is -5.93. The van der Waals surface area contributed by atoms with Gasteiger partial charge in [0.2, 0.25) is 0 Å². The average molecular weight is 624 g/mol. The molecule has 1 aliphatic rings. The summed E-state index contributed by atoms with van der Waals surface area (Å²) in [6.45, 7) is 4.65. The molecule has 3 rings (SSSR count). The third kappa shape index (κ3) is 13.2. The number of hydrogen-bond donors (Lipinski definition) is 3. The molecule has 9 nitrogen and oxygen atoms in total. The maximum atomic E-state index is 13.0. The minimum Gasteiger partial charge on any atom is -0.475 e. The van der Waals surface area contributed by atoms with Gasteiger partial charge >= 0.3 is 18.2 Å². The number of morpholine rings is 1. The maximum Gasteiger partial charge on any atom is 0.490 e. The van der Waals surface area contributed by atoms with Crippen LogP contribution in [0.4, 0.5) is 28.0 Å². The van der Waals surface area contributed by atoms with Crippen molar-refractivity contribution >= 4 is 33.6 Å². The molecular weight excluding hydrogens is 594 g/mol. The van der Waals surface area contributed by atoms with Gasteiger partial charge in [0.1, 0.15) is 5.82 Å².